The number of rotatable bonds is 1. The van der Waals surface area contributed by atoms with Crippen LogP contribution in [0.25, 0.3) is 5.69 Å². The summed E-state index contributed by atoms with van der Waals surface area (Å²) >= 11 is 5.78. The Bertz CT molecular complexity index is 569. The van der Waals surface area contributed by atoms with Gasteiger partial charge in [0.25, 0.3) is 0 Å². The Hall–Kier alpha value is -1.56. The summed E-state index contributed by atoms with van der Waals surface area (Å²) in [6.45, 7) is 1.39. The maximum atomic E-state index is 13.6. The van der Waals surface area contributed by atoms with Gasteiger partial charge in [0, 0.05) is 5.69 Å². The van der Waals surface area contributed by atoms with Crippen LogP contribution >= 0.6 is 11.6 Å². The smallest absolute Gasteiger partial charge is 0.233 e. The molecule has 0 N–H and O–H groups in total. The fourth-order valence-corrected chi connectivity index (χ4v) is 1.77. The largest absolute Gasteiger partial charge is 0.435 e. The van der Waals surface area contributed by atoms with E-state index >= 15 is 0 Å². The highest BCUT2D eigenvalue weighted by molar-refractivity contribution is 6.32. The third kappa shape index (κ3) is 2.20. The zero-order valence-corrected chi connectivity index (χ0v) is 9.85. The molecule has 0 spiro atoms. The topological polar surface area (TPSA) is 17.8 Å². The number of hydrogen-bond acceptors (Lipinski definition) is 1. The first kappa shape index (κ1) is 12.9. The van der Waals surface area contributed by atoms with E-state index in [1.807, 2.05) is 0 Å². The maximum Gasteiger partial charge on any atom is 0.435 e. The molecule has 0 fully saturated rings. The fraction of sp³-hybridized carbons (Fsp3) is 0.182. The lowest BCUT2D eigenvalue weighted by Gasteiger charge is -2.07. The van der Waals surface area contributed by atoms with Crippen LogP contribution in [-0.4, -0.2) is 9.78 Å². The molecule has 0 aliphatic carbocycles. The highest BCUT2D eigenvalue weighted by Gasteiger charge is 2.35. The SMILES string of the molecule is Cc1cc(C(F)(F)F)nn1-c1c(F)cccc1Cl. The van der Waals surface area contributed by atoms with Crippen LogP contribution in [0.15, 0.2) is 24.3 Å². The van der Waals surface area contributed by atoms with Crippen molar-refractivity contribution in [2.24, 2.45) is 0 Å². The molecule has 2 nitrogen and oxygen atoms in total. The van der Waals surface area contributed by atoms with Gasteiger partial charge in [-0.3, -0.25) is 0 Å². The lowest BCUT2D eigenvalue weighted by Crippen LogP contribution is -2.08. The molecule has 1 aromatic heterocycles. The second-order valence-corrected chi connectivity index (χ2v) is 4.06. The second kappa shape index (κ2) is 4.28. The van der Waals surface area contributed by atoms with Crippen molar-refractivity contribution in [3.05, 3.63) is 46.5 Å². The number of para-hydroxylation sites is 1. The highest BCUT2D eigenvalue weighted by Crippen LogP contribution is 2.31. The predicted molar refractivity (Wildman–Crippen MR) is 58.3 cm³/mol. The molecule has 2 aromatic rings. The van der Waals surface area contributed by atoms with Gasteiger partial charge in [0.1, 0.15) is 11.5 Å². The quantitative estimate of drug-likeness (QED) is 0.721. The normalized spacial score (nSPS) is 11.9. The summed E-state index contributed by atoms with van der Waals surface area (Å²) in [5, 5.41) is 3.34. The molecule has 0 aliphatic rings. The Balaban J connectivity index is 2.62. The molecule has 2 rings (SSSR count). The van der Waals surface area contributed by atoms with Crippen LogP contribution in [0.3, 0.4) is 0 Å². The fourth-order valence-electron chi connectivity index (χ4n) is 1.53. The molecule has 0 saturated heterocycles. The van der Waals surface area contributed by atoms with Crippen molar-refractivity contribution < 1.29 is 17.6 Å². The monoisotopic (exact) mass is 278 g/mol. The molecule has 18 heavy (non-hydrogen) atoms. The Morgan fingerprint density at radius 1 is 1.28 bits per heavy atom. The van der Waals surface area contributed by atoms with Crippen molar-refractivity contribution in [2.75, 3.05) is 0 Å². The van der Waals surface area contributed by atoms with Crippen LogP contribution in [-0.2, 0) is 6.18 Å². The summed E-state index contributed by atoms with van der Waals surface area (Å²) in [6, 6.07) is 4.69. The molecule has 1 heterocycles. The van der Waals surface area contributed by atoms with Crippen LogP contribution in [0, 0.1) is 12.7 Å². The van der Waals surface area contributed by atoms with Gasteiger partial charge < -0.3 is 0 Å². The molecule has 0 radical (unpaired) electrons. The lowest BCUT2D eigenvalue weighted by atomic mass is 10.3. The Labute approximate surface area is 105 Å². The van der Waals surface area contributed by atoms with E-state index < -0.39 is 17.7 Å². The molecule has 0 bridgehead atoms. The lowest BCUT2D eigenvalue weighted by molar-refractivity contribution is -0.141. The number of aromatic nitrogens is 2. The zero-order chi connectivity index (χ0) is 13.5. The van der Waals surface area contributed by atoms with Crippen molar-refractivity contribution in [3.63, 3.8) is 0 Å². The molecule has 0 atom stereocenters. The highest BCUT2D eigenvalue weighted by atomic mass is 35.5. The van der Waals surface area contributed by atoms with Gasteiger partial charge >= 0.3 is 6.18 Å². The van der Waals surface area contributed by atoms with Crippen molar-refractivity contribution in [2.45, 2.75) is 13.1 Å². The first-order valence-electron chi connectivity index (χ1n) is 4.89. The third-order valence-corrected chi connectivity index (χ3v) is 2.63. The molecule has 7 heteroatoms. The second-order valence-electron chi connectivity index (χ2n) is 3.65. The minimum atomic E-state index is -4.58. The van der Waals surface area contributed by atoms with E-state index in [1.165, 1.54) is 19.1 Å². The van der Waals surface area contributed by atoms with Crippen molar-refractivity contribution in [1.82, 2.24) is 9.78 Å². The van der Waals surface area contributed by atoms with Gasteiger partial charge in [0.2, 0.25) is 0 Å². The van der Waals surface area contributed by atoms with Gasteiger partial charge in [0.15, 0.2) is 5.69 Å². The summed E-state index contributed by atoms with van der Waals surface area (Å²) in [6.07, 6.45) is -4.58. The average molecular weight is 279 g/mol. The molecule has 0 aliphatic heterocycles. The standard InChI is InChI=1S/C11H7ClF4N2/c1-6-5-9(11(14,15)16)17-18(6)10-7(12)3-2-4-8(10)13/h2-5H,1H3. The van der Waals surface area contributed by atoms with E-state index in [1.54, 1.807) is 0 Å². The summed E-state index contributed by atoms with van der Waals surface area (Å²) in [5.74, 6) is -0.734. The van der Waals surface area contributed by atoms with Gasteiger partial charge in [0.05, 0.1) is 5.02 Å². The van der Waals surface area contributed by atoms with E-state index in [2.05, 4.69) is 5.10 Å². The van der Waals surface area contributed by atoms with Crippen LogP contribution in [0.2, 0.25) is 5.02 Å². The molecule has 0 amide bonds. The average Bonchev–Trinajstić information content (AvgIpc) is 2.60. The summed E-state index contributed by atoms with van der Waals surface area (Å²) in [7, 11) is 0. The summed E-state index contributed by atoms with van der Waals surface area (Å²) in [5.41, 5.74) is -1.12. The Morgan fingerprint density at radius 2 is 1.94 bits per heavy atom. The van der Waals surface area contributed by atoms with E-state index in [0.717, 1.165) is 16.8 Å². The molecule has 1 aromatic carbocycles. The molecular weight excluding hydrogens is 272 g/mol. The van der Waals surface area contributed by atoms with Crippen LogP contribution in [0.1, 0.15) is 11.4 Å². The number of benzene rings is 1. The molecular formula is C11H7ClF4N2. The Morgan fingerprint density at radius 3 is 2.44 bits per heavy atom. The van der Waals surface area contributed by atoms with E-state index in [9.17, 15) is 17.6 Å². The summed E-state index contributed by atoms with van der Waals surface area (Å²) < 4.78 is 51.9. The van der Waals surface area contributed by atoms with Gasteiger partial charge in [-0.05, 0) is 25.1 Å². The molecule has 96 valence electrons. The number of alkyl halides is 3. The number of hydrogen-bond donors (Lipinski definition) is 0. The third-order valence-electron chi connectivity index (χ3n) is 2.33. The first-order chi connectivity index (χ1) is 8.30. The van der Waals surface area contributed by atoms with Gasteiger partial charge in [-0.1, -0.05) is 17.7 Å². The van der Waals surface area contributed by atoms with E-state index in [4.69, 9.17) is 11.6 Å². The van der Waals surface area contributed by atoms with Crippen molar-refractivity contribution in [1.29, 1.82) is 0 Å². The van der Waals surface area contributed by atoms with Crippen LogP contribution in [0.5, 0.6) is 0 Å². The van der Waals surface area contributed by atoms with E-state index in [-0.39, 0.29) is 16.4 Å². The number of nitrogens with zero attached hydrogens (tertiary/aromatic N) is 2. The van der Waals surface area contributed by atoms with Gasteiger partial charge in [-0.25, -0.2) is 9.07 Å². The minimum Gasteiger partial charge on any atom is -0.233 e. The van der Waals surface area contributed by atoms with E-state index in [0.29, 0.717) is 0 Å². The number of aryl methyl sites for hydroxylation is 1. The zero-order valence-electron chi connectivity index (χ0n) is 9.09. The van der Waals surface area contributed by atoms with Gasteiger partial charge in [-0.2, -0.15) is 18.3 Å². The molecule has 0 unspecified atom stereocenters. The Kier molecular flexibility index (Phi) is 3.06. The molecule has 0 saturated carbocycles. The minimum absolute atomic E-state index is 0.00470. The van der Waals surface area contributed by atoms with Crippen molar-refractivity contribution in [3.8, 4) is 5.69 Å². The number of halogens is 5. The first-order valence-corrected chi connectivity index (χ1v) is 5.27. The maximum absolute atomic E-state index is 13.6. The van der Waals surface area contributed by atoms with Crippen LogP contribution < -0.4 is 0 Å². The van der Waals surface area contributed by atoms with Gasteiger partial charge in [-0.15, -0.1) is 0 Å². The predicted octanol–water partition coefficient (Wildman–Crippen LogP) is 3.99. The summed E-state index contributed by atoms with van der Waals surface area (Å²) in [4.78, 5) is 0. The van der Waals surface area contributed by atoms with Crippen LogP contribution in [0.4, 0.5) is 17.6 Å². The van der Waals surface area contributed by atoms with Crippen molar-refractivity contribution >= 4 is 11.6 Å².